The first kappa shape index (κ1) is 17.6. The Morgan fingerprint density at radius 2 is 1.96 bits per heavy atom. The van der Waals surface area contributed by atoms with Crippen LogP contribution in [0.4, 0.5) is 9.18 Å². The van der Waals surface area contributed by atoms with E-state index in [-0.39, 0.29) is 17.4 Å². The Morgan fingerprint density at radius 3 is 2.52 bits per heavy atom. The molecule has 1 aliphatic carbocycles. The van der Waals surface area contributed by atoms with Crippen LogP contribution in [-0.2, 0) is 11.2 Å². The largest absolute Gasteiger partial charge is 0.444 e. The maximum Gasteiger partial charge on any atom is 0.410 e. The molecule has 1 aromatic rings. The second-order valence-electron chi connectivity index (χ2n) is 7.95. The molecule has 3 rings (SSSR count). The average molecular weight is 345 g/mol. The van der Waals surface area contributed by atoms with E-state index in [0.29, 0.717) is 32.4 Å². The molecule has 0 N–H and O–H groups in total. The number of fused-ring (bicyclic) bond motifs is 1. The second-order valence-corrected chi connectivity index (χ2v) is 7.95. The van der Waals surface area contributed by atoms with Crippen molar-refractivity contribution >= 4 is 18.0 Å². The van der Waals surface area contributed by atoms with Crippen LogP contribution in [-0.4, -0.2) is 35.5 Å². The SMILES string of the molecule is C=Cc1ccc(F)c2c1CC1(CCN(C(=O)OC(C)(C)C)CC1)C2=O. The van der Waals surface area contributed by atoms with Crippen LogP contribution in [0.3, 0.4) is 0 Å². The monoisotopic (exact) mass is 345 g/mol. The van der Waals surface area contributed by atoms with Gasteiger partial charge in [-0.2, -0.15) is 0 Å². The van der Waals surface area contributed by atoms with Gasteiger partial charge in [0.25, 0.3) is 0 Å². The van der Waals surface area contributed by atoms with Gasteiger partial charge >= 0.3 is 6.09 Å². The summed E-state index contributed by atoms with van der Waals surface area (Å²) in [5.74, 6) is -0.593. The lowest BCUT2D eigenvalue weighted by atomic mass is 9.75. The second kappa shape index (κ2) is 5.97. The number of likely N-dealkylation sites (tertiary alicyclic amines) is 1. The molecule has 1 amide bonds. The van der Waals surface area contributed by atoms with E-state index in [9.17, 15) is 14.0 Å². The number of piperidine rings is 1. The molecule has 134 valence electrons. The maximum absolute atomic E-state index is 14.2. The third kappa shape index (κ3) is 3.08. The Hall–Kier alpha value is -2.17. The number of amides is 1. The van der Waals surface area contributed by atoms with E-state index in [1.165, 1.54) is 6.07 Å². The summed E-state index contributed by atoms with van der Waals surface area (Å²) in [5.41, 5.74) is 0.624. The van der Waals surface area contributed by atoms with Crippen LogP contribution in [0.1, 0.15) is 55.1 Å². The molecule has 0 aromatic heterocycles. The first-order valence-electron chi connectivity index (χ1n) is 8.63. The molecule has 1 fully saturated rings. The van der Waals surface area contributed by atoms with Crippen LogP contribution in [0.2, 0.25) is 0 Å². The Kier molecular flexibility index (Phi) is 4.21. The summed E-state index contributed by atoms with van der Waals surface area (Å²) >= 11 is 0. The Labute approximate surface area is 147 Å². The highest BCUT2D eigenvalue weighted by molar-refractivity contribution is 6.06. The van der Waals surface area contributed by atoms with E-state index in [1.807, 2.05) is 20.8 Å². The molecule has 1 aliphatic heterocycles. The van der Waals surface area contributed by atoms with Crippen molar-refractivity contribution in [2.45, 2.75) is 45.6 Å². The summed E-state index contributed by atoms with van der Waals surface area (Å²) in [4.78, 5) is 26.8. The maximum atomic E-state index is 14.2. The zero-order valence-electron chi connectivity index (χ0n) is 15.0. The molecule has 1 spiro atoms. The predicted molar refractivity (Wildman–Crippen MR) is 94.0 cm³/mol. The van der Waals surface area contributed by atoms with Gasteiger partial charge in [0, 0.05) is 18.5 Å². The molecule has 1 aromatic carbocycles. The summed E-state index contributed by atoms with van der Waals surface area (Å²) in [5, 5.41) is 0. The molecular formula is C20H24FNO3. The number of nitrogens with zero attached hydrogens (tertiary/aromatic N) is 1. The van der Waals surface area contributed by atoms with E-state index < -0.39 is 16.8 Å². The summed E-state index contributed by atoms with van der Waals surface area (Å²) in [6.45, 7) is 10.1. The Morgan fingerprint density at radius 1 is 1.32 bits per heavy atom. The quantitative estimate of drug-likeness (QED) is 0.765. The number of carbonyl (C=O) groups excluding carboxylic acids is 2. The molecular weight excluding hydrogens is 321 g/mol. The van der Waals surface area contributed by atoms with Gasteiger partial charge in [-0.3, -0.25) is 4.79 Å². The number of halogens is 1. The minimum absolute atomic E-state index is 0.132. The van der Waals surface area contributed by atoms with Gasteiger partial charge in [-0.1, -0.05) is 18.7 Å². The van der Waals surface area contributed by atoms with Crippen molar-refractivity contribution in [2.75, 3.05) is 13.1 Å². The van der Waals surface area contributed by atoms with Crippen molar-refractivity contribution < 1.29 is 18.7 Å². The molecule has 25 heavy (non-hydrogen) atoms. The van der Waals surface area contributed by atoms with E-state index in [0.717, 1.165) is 11.1 Å². The number of hydrogen-bond acceptors (Lipinski definition) is 3. The van der Waals surface area contributed by atoms with Gasteiger partial charge in [0.15, 0.2) is 5.78 Å². The van der Waals surface area contributed by atoms with Crippen molar-refractivity contribution in [3.8, 4) is 0 Å². The van der Waals surface area contributed by atoms with Gasteiger partial charge in [0.1, 0.15) is 11.4 Å². The fourth-order valence-electron chi connectivity index (χ4n) is 3.79. The van der Waals surface area contributed by atoms with Crippen LogP contribution in [0.15, 0.2) is 18.7 Å². The van der Waals surface area contributed by atoms with Gasteiger partial charge in [0.05, 0.1) is 5.56 Å². The average Bonchev–Trinajstić information content (AvgIpc) is 2.81. The lowest BCUT2D eigenvalue weighted by Crippen LogP contribution is -2.47. The van der Waals surface area contributed by atoms with Gasteiger partial charge in [0.2, 0.25) is 0 Å². The van der Waals surface area contributed by atoms with E-state index in [1.54, 1.807) is 17.0 Å². The first-order chi connectivity index (χ1) is 11.7. The molecule has 2 aliphatic rings. The summed E-state index contributed by atoms with van der Waals surface area (Å²) in [6, 6.07) is 3.01. The van der Waals surface area contributed by atoms with Crippen molar-refractivity contribution in [2.24, 2.45) is 5.41 Å². The molecule has 0 saturated carbocycles. The zero-order valence-corrected chi connectivity index (χ0v) is 15.0. The van der Waals surface area contributed by atoms with Crippen molar-refractivity contribution in [3.05, 3.63) is 41.2 Å². The highest BCUT2D eigenvalue weighted by atomic mass is 19.1. The topological polar surface area (TPSA) is 46.6 Å². The van der Waals surface area contributed by atoms with Gasteiger partial charge in [-0.15, -0.1) is 0 Å². The normalized spacial score (nSPS) is 19.0. The predicted octanol–water partition coefficient (Wildman–Crippen LogP) is 4.22. The minimum atomic E-state index is -0.610. The number of benzene rings is 1. The number of Topliss-reactive ketones (excluding diaryl/α,β-unsaturated/α-hetero) is 1. The number of rotatable bonds is 1. The van der Waals surface area contributed by atoms with Gasteiger partial charge in [-0.05, 0) is 57.2 Å². The molecule has 0 atom stereocenters. The van der Waals surface area contributed by atoms with Crippen LogP contribution < -0.4 is 0 Å². The smallest absolute Gasteiger partial charge is 0.410 e. The van der Waals surface area contributed by atoms with Crippen LogP contribution in [0.5, 0.6) is 0 Å². The highest BCUT2D eigenvalue weighted by Gasteiger charge is 2.49. The number of ketones is 1. The molecule has 0 bridgehead atoms. The van der Waals surface area contributed by atoms with E-state index in [2.05, 4.69) is 6.58 Å². The van der Waals surface area contributed by atoms with Crippen LogP contribution >= 0.6 is 0 Å². The van der Waals surface area contributed by atoms with Gasteiger partial charge in [-0.25, -0.2) is 9.18 Å². The van der Waals surface area contributed by atoms with E-state index in [4.69, 9.17) is 4.74 Å². The summed E-state index contributed by atoms with van der Waals surface area (Å²) in [7, 11) is 0. The minimum Gasteiger partial charge on any atom is -0.444 e. The third-order valence-electron chi connectivity index (χ3n) is 5.11. The highest BCUT2D eigenvalue weighted by Crippen LogP contribution is 2.46. The molecule has 4 nitrogen and oxygen atoms in total. The fraction of sp³-hybridized carbons (Fsp3) is 0.500. The molecule has 0 unspecified atom stereocenters. The van der Waals surface area contributed by atoms with Crippen molar-refractivity contribution in [1.29, 1.82) is 0 Å². The molecule has 0 radical (unpaired) electrons. The summed E-state index contributed by atoms with van der Waals surface area (Å²) in [6.07, 6.45) is 2.87. The summed E-state index contributed by atoms with van der Waals surface area (Å²) < 4.78 is 19.6. The number of ether oxygens (including phenoxy) is 1. The Bertz CT molecular complexity index is 740. The third-order valence-corrected chi connectivity index (χ3v) is 5.11. The molecule has 5 heteroatoms. The number of hydrogen-bond donors (Lipinski definition) is 0. The zero-order chi connectivity index (χ0) is 18.4. The van der Waals surface area contributed by atoms with E-state index >= 15 is 0 Å². The first-order valence-corrected chi connectivity index (χ1v) is 8.63. The Balaban J connectivity index is 1.79. The molecule has 1 saturated heterocycles. The lowest BCUT2D eigenvalue weighted by molar-refractivity contribution is 0.0113. The van der Waals surface area contributed by atoms with Gasteiger partial charge < -0.3 is 9.64 Å². The van der Waals surface area contributed by atoms with Crippen LogP contribution in [0, 0.1) is 11.2 Å². The van der Waals surface area contributed by atoms with Crippen molar-refractivity contribution in [3.63, 3.8) is 0 Å². The standard InChI is InChI=1S/C20H24FNO3/c1-5-13-6-7-15(21)16-14(13)12-20(17(16)23)8-10-22(11-9-20)18(24)25-19(2,3)4/h5-7H,1,8-12H2,2-4H3. The number of carbonyl (C=O) groups is 2. The van der Waals surface area contributed by atoms with Crippen molar-refractivity contribution in [1.82, 2.24) is 4.90 Å². The van der Waals surface area contributed by atoms with Crippen LogP contribution in [0.25, 0.3) is 6.08 Å². The lowest BCUT2D eigenvalue weighted by Gasteiger charge is -2.38. The molecule has 1 heterocycles. The fourth-order valence-corrected chi connectivity index (χ4v) is 3.79.